The molecule has 1 aliphatic rings. The first-order valence-corrected chi connectivity index (χ1v) is 8.43. The third-order valence-electron chi connectivity index (χ3n) is 4.29. The maximum absolute atomic E-state index is 3.68. The van der Waals surface area contributed by atoms with Gasteiger partial charge in [0.1, 0.15) is 0 Å². The van der Waals surface area contributed by atoms with E-state index >= 15 is 0 Å². The predicted molar refractivity (Wildman–Crippen MR) is 85.0 cm³/mol. The van der Waals surface area contributed by atoms with Crippen molar-refractivity contribution >= 4 is 21.4 Å². The minimum atomic E-state index is 0.773. The van der Waals surface area contributed by atoms with Gasteiger partial charge < -0.3 is 5.32 Å². The molecule has 1 saturated carbocycles. The van der Waals surface area contributed by atoms with Crippen molar-refractivity contribution in [1.29, 1.82) is 0 Å². The Balaban J connectivity index is 1.63. The number of rotatable bonds is 5. The van der Waals surface area contributed by atoms with Crippen molar-refractivity contribution in [1.82, 2.24) is 5.32 Å². The van der Waals surface area contributed by atoms with Crippen molar-refractivity contribution in [2.45, 2.75) is 45.1 Å². The van der Waals surface area contributed by atoms with Crippen molar-refractivity contribution in [2.24, 2.45) is 5.92 Å². The lowest BCUT2D eigenvalue weighted by molar-refractivity contribution is 0.485. The quantitative estimate of drug-likeness (QED) is 0.838. The molecule has 102 valence electrons. The number of benzene rings is 1. The van der Waals surface area contributed by atoms with Gasteiger partial charge in [-0.3, -0.25) is 0 Å². The molecule has 1 aromatic heterocycles. The maximum atomic E-state index is 3.68. The molecule has 2 heteroatoms. The molecule has 0 saturated heterocycles. The van der Waals surface area contributed by atoms with Gasteiger partial charge in [0.25, 0.3) is 0 Å². The highest BCUT2D eigenvalue weighted by Crippen LogP contribution is 2.33. The van der Waals surface area contributed by atoms with Crippen molar-refractivity contribution < 1.29 is 0 Å². The van der Waals surface area contributed by atoms with Crippen LogP contribution in [0.25, 0.3) is 10.1 Å². The van der Waals surface area contributed by atoms with Gasteiger partial charge in [-0.25, -0.2) is 0 Å². The fraction of sp³-hybridized carbons (Fsp3) is 0.529. The van der Waals surface area contributed by atoms with Crippen molar-refractivity contribution in [3.05, 3.63) is 35.2 Å². The van der Waals surface area contributed by atoms with Gasteiger partial charge in [-0.15, -0.1) is 11.3 Å². The largest absolute Gasteiger partial charge is 0.314 e. The second kappa shape index (κ2) is 6.06. The monoisotopic (exact) mass is 273 g/mol. The van der Waals surface area contributed by atoms with Gasteiger partial charge in [-0.05, 0) is 67.0 Å². The molecule has 0 amide bonds. The number of thiophene rings is 1. The Hall–Kier alpha value is -0.860. The summed E-state index contributed by atoms with van der Waals surface area (Å²) < 4.78 is 1.44. The van der Waals surface area contributed by atoms with Gasteiger partial charge in [0.15, 0.2) is 0 Å². The Labute approximate surface area is 120 Å². The summed E-state index contributed by atoms with van der Waals surface area (Å²) in [5, 5.41) is 7.54. The van der Waals surface area contributed by atoms with Crippen LogP contribution in [0, 0.1) is 5.92 Å². The van der Waals surface area contributed by atoms with E-state index in [1.807, 2.05) is 11.3 Å². The normalized spacial score (nSPS) is 23.2. The summed E-state index contributed by atoms with van der Waals surface area (Å²) in [5.74, 6) is 0.882. The van der Waals surface area contributed by atoms with Gasteiger partial charge in [-0.2, -0.15) is 0 Å². The van der Waals surface area contributed by atoms with Crippen LogP contribution in [-0.4, -0.2) is 12.6 Å². The minimum absolute atomic E-state index is 0.773. The first kappa shape index (κ1) is 13.1. The molecule has 3 rings (SSSR count). The van der Waals surface area contributed by atoms with E-state index in [4.69, 9.17) is 0 Å². The van der Waals surface area contributed by atoms with Crippen LogP contribution in [0.1, 0.15) is 38.2 Å². The molecule has 0 radical (unpaired) electrons. The molecule has 19 heavy (non-hydrogen) atoms. The van der Waals surface area contributed by atoms with E-state index < -0.39 is 0 Å². The second-order valence-corrected chi connectivity index (χ2v) is 6.70. The summed E-state index contributed by atoms with van der Waals surface area (Å²) in [6.45, 7) is 3.43. The van der Waals surface area contributed by atoms with Crippen LogP contribution in [0.5, 0.6) is 0 Å². The smallest absolute Gasteiger partial charge is 0.0345 e. The summed E-state index contributed by atoms with van der Waals surface area (Å²) in [7, 11) is 0. The molecule has 1 N–H and O–H groups in total. The van der Waals surface area contributed by atoms with Crippen LogP contribution < -0.4 is 5.32 Å². The van der Waals surface area contributed by atoms with E-state index in [2.05, 4.69) is 41.9 Å². The van der Waals surface area contributed by atoms with E-state index in [1.54, 1.807) is 5.56 Å². The second-order valence-electron chi connectivity index (χ2n) is 5.79. The number of hydrogen-bond acceptors (Lipinski definition) is 2. The molecule has 1 aliphatic carbocycles. The molecular formula is C17H23NS. The van der Waals surface area contributed by atoms with E-state index in [1.165, 1.54) is 48.7 Å². The first-order chi connectivity index (χ1) is 9.36. The Bertz CT molecular complexity index is 531. The Morgan fingerprint density at radius 2 is 2.16 bits per heavy atom. The summed E-state index contributed by atoms with van der Waals surface area (Å²) in [4.78, 5) is 0. The lowest BCUT2D eigenvalue weighted by Gasteiger charge is -2.12. The van der Waals surface area contributed by atoms with Gasteiger partial charge >= 0.3 is 0 Å². The minimum Gasteiger partial charge on any atom is -0.314 e. The van der Waals surface area contributed by atoms with Crippen LogP contribution in [0.3, 0.4) is 0 Å². The summed E-state index contributed by atoms with van der Waals surface area (Å²) >= 11 is 1.90. The molecule has 1 fully saturated rings. The molecule has 2 atom stereocenters. The predicted octanol–water partition coefficient (Wildman–Crippen LogP) is 4.61. The highest BCUT2D eigenvalue weighted by Gasteiger charge is 2.24. The van der Waals surface area contributed by atoms with Gasteiger partial charge in [0.2, 0.25) is 0 Å². The van der Waals surface area contributed by atoms with E-state index in [0.717, 1.165) is 12.0 Å². The van der Waals surface area contributed by atoms with Crippen LogP contribution in [0.2, 0.25) is 0 Å². The van der Waals surface area contributed by atoms with Crippen LogP contribution in [0.15, 0.2) is 29.6 Å². The third-order valence-corrected chi connectivity index (χ3v) is 5.31. The highest BCUT2D eigenvalue weighted by atomic mass is 32.1. The molecule has 0 bridgehead atoms. The number of nitrogens with one attached hydrogen (secondary N) is 1. The summed E-state index contributed by atoms with van der Waals surface area (Å²) in [6.07, 6.45) is 6.65. The van der Waals surface area contributed by atoms with Crippen LogP contribution >= 0.6 is 11.3 Å². The summed E-state index contributed by atoms with van der Waals surface area (Å²) in [5.41, 5.74) is 1.57. The van der Waals surface area contributed by atoms with Crippen molar-refractivity contribution in [3.8, 4) is 0 Å². The lowest BCUT2D eigenvalue weighted by atomic mass is 9.97. The topological polar surface area (TPSA) is 12.0 Å². The average Bonchev–Trinajstić information content (AvgIpc) is 3.05. The maximum Gasteiger partial charge on any atom is 0.0345 e. The molecule has 0 aliphatic heterocycles. The average molecular weight is 273 g/mol. The molecule has 0 spiro atoms. The molecule has 1 nitrogen and oxygen atoms in total. The Morgan fingerprint density at radius 1 is 1.26 bits per heavy atom. The molecule has 2 unspecified atom stereocenters. The summed E-state index contributed by atoms with van der Waals surface area (Å²) in [6, 6.07) is 9.60. The molecule has 1 heterocycles. The van der Waals surface area contributed by atoms with Crippen molar-refractivity contribution in [3.63, 3.8) is 0 Å². The lowest BCUT2D eigenvalue weighted by Crippen LogP contribution is -2.27. The fourth-order valence-electron chi connectivity index (χ4n) is 3.30. The highest BCUT2D eigenvalue weighted by molar-refractivity contribution is 7.17. The zero-order chi connectivity index (χ0) is 13.1. The van der Waals surface area contributed by atoms with Gasteiger partial charge in [0, 0.05) is 10.7 Å². The van der Waals surface area contributed by atoms with E-state index in [0.29, 0.717) is 0 Å². The van der Waals surface area contributed by atoms with Gasteiger partial charge in [0.05, 0.1) is 0 Å². The fourth-order valence-corrected chi connectivity index (χ4v) is 4.27. The van der Waals surface area contributed by atoms with E-state index in [9.17, 15) is 0 Å². The van der Waals surface area contributed by atoms with Crippen molar-refractivity contribution in [2.75, 3.05) is 6.54 Å². The first-order valence-electron chi connectivity index (χ1n) is 7.55. The number of hydrogen-bond donors (Lipinski definition) is 1. The zero-order valence-electron chi connectivity index (χ0n) is 11.7. The zero-order valence-corrected chi connectivity index (χ0v) is 12.5. The van der Waals surface area contributed by atoms with Crippen LogP contribution in [-0.2, 0) is 6.42 Å². The molecule has 1 aromatic carbocycles. The third kappa shape index (κ3) is 3.01. The van der Waals surface area contributed by atoms with E-state index in [-0.39, 0.29) is 0 Å². The molecular weight excluding hydrogens is 250 g/mol. The SMILES string of the molecule is CCCNC1CCC(Cc2csc3ccccc23)C1. The van der Waals surface area contributed by atoms with Crippen LogP contribution in [0.4, 0.5) is 0 Å². The van der Waals surface area contributed by atoms with Gasteiger partial charge in [-0.1, -0.05) is 25.1 Å². The Morgan fingerprint density at radius 3 is 3.05 bits per heavy atom. The Kier molecular flexibility index (Phi) is 4.19. The number of fused-ring (bicyclic) bond motifs is 1. The standard InChI is InChI=1S/C17H23NS/c1-2-9-18-15-8-7-13(11-15)10-14-12-19-17-6-4-3-5-16(14)17/h3-6,12-13,15,18H,2,7-11H2,1H3. The molecule has 2 aromatic rings.